The lowest BCUT2D eigenvalue weighted by Crippen LogP contribution is -2.01. The van der Waals surface area contributed by atoms with E-state index in [4.69, 9.17) is 24.6 Å². The average molecular weight is 415 g/mol. The maximum absolute atomic E-state index is 6.19. The van der Waals surface area contributed by atoms with Crippen molar-refractivity contribution in [2.75, 3.05) is 19.5 Å². The van der Waals surface area contributed by atoms with E-state index in [9.17, 15) is 0 Å². The maximum Gasteiger partial charge on any atom is 0.131 e. The first-order valence-corrected chi connectivity index (χ1v) is 10.3. The topological polar surface area (TPSA) is 70.0 Å². The summed E-state index contributed by atoms with van der Waals surface area (Å²) in [4.78, 5) is 4.94. The molecule has 4 rings (SSSR count). The fourth-order valence-corrected chi connectivity index (χ4v) is 3.79. The van der Waals surface area contributed by atoms with Gasteiger partial charge >= 0.3 is 0 Å². The summed E-state index contributed by atoms with van der Waals surface area (Å²) in [6.45, 7) is 6.42. The number of methoxy groups -OCH3 is 1. The monoisotopic (exact) mass is 414 g/mol. The van der Waals surface area contributed by atoms with Crippen molar-refractivity contribution in [3.8, 4) is 22.6 Å². The number of para-hydroxylation sites is 2. The molecule has 4 aromatic rings. The minimum Gasteiger partial charge on any atom is -0.497 e. The number of nitrogens with zero attached hydrogens (tertiary/aromatic N) is 1. The lowest BCUT2D eigenvalue weighted by molar-refractivity contribution is 0.344. The van der Waals surface area contributed by atoms with Crippen LogP contribution in [0.1, 0.15) is 18.4 Å². The second-order valence-corrected chi connectivity index (χ2v) is 7.29. The number of aryl methyl sites for hydroxylation is 2. The first-order valence-electron chi connectivity index (χ1n) is 10.3. The van der Waals surface area contributed by atoms with Crippen molar-refractivity contribution >= 4 is 22.1 Å². The van der Waals surface area contributed by atoms with Crippen LogP contribution in [0.3, 0.4) is 0 Å². The second-order valence-electron chi connectivity index (χ2n) is 7.29. The predicted molar refractivity (Wildman–Crippen MR) is 125 cm³/mol. The largest absolute Gasteiger partial charge is 0.497 e. The Morgan fingerprint density at radius 2 is 1.61 bits per heavy atom. The van der Waals surface area contributed by atoms with E-state index >= 15 is 0 Å². The lowest BCUT2D eigenvalue weighted by Gasteiger charge is -2.05. The van der Waals surface area contributed by atoms with Gasteiger partial charge in [-0.25, -0.2) is 4.99 Å². The third-order valence-electron chi connectivity index (χ3n) is 5.24. The molecular weight excluding hydrogens is 388 g/mol. The maximum atomic E-state index is 6.19. The van der Waals surface area contributed by atoms with E-state index in [0.29, 0.717) is 18.0 Å². The molecule has 1 heterocycles. The Kier molecular flexibility index (Phi) is 5.67. The van der Waals surface area contributed by atoms with Gasteiger partial charge in [-0.2, -0.15) is 0 Å². The van der Waals surface area contributed by atoms with Crippen LogP contribution in [-0.2, 0) is 0 Å². The molecule has 5 heteroatoms. The van der Waals surface area contributed by atoms with Crippen LogP contribution < -0.4 is 20.6 Å². The number of rotatable bonds is 5. The lowest BCUT2D eigenvalue weighted by atomic mass is 10.1. The molecule has 0 atom stereocenters. The SMILES string of the molecule is CCOc1cc(-c2ccc(OC)cc2)cc(=Nc2ccccc2N)c2c(C)oc(C)c12. The highest BCUT2D eigenvalue weighted by Crippen LogP contribution is 2.34. The molecule has 0 spiro atoms. The van der Waals surface area contributed by atoms with Crippen molar-refractivity contribution in [2.24, 2.45) is 4.99 Å². The van der Waals surface area contributed by atoms with E-state index in [0.717, 1.165) is 50.3 Å². The zero-order valence-corrected chi connectivity index (χ0v) is 18.2. The molecular formula is C26H26N2O3. The first kappa shape index (κ1) is 20.5. The first-order chi connectivity index (χ1) is 15.0. The number of furan rings is 1. The van der Waals surface area contributed by atoms with Gasteiger partial charge < -0.3 is 19.6 Å². The molecule has 0 aliphatic heterocycles. The van der Waals surface area contributed by atoms with Crippen LogP contribution >= 0.6 is 0 Å². The molecule has 0 aliphatic carbocycles. The highest BCUT2D eigenvalue weighted by molar-refractivity contribution is 5.93. The Labute approximate surface area is 181 Å². The summed E-state index contributed by atoms with van der Waals surface area (Å²) < 4.78 is 17.4. The Hall–Kier alpha value is -3.73. The van der Waals surface area contributed by atoms with E-state index in [1.54, 1.807) is 7.11 Å². The standard InChI is InChI=1S/C26H26N2O3/c1-5-30-24-15-19(18-10-12-20(29-4)13-11-18)14-23(25-16(2)31-17(3)26(24)25)28-22-9-7-6-8-21(22)27/h6-15H,5,27H2,1-4H3. The molecule has 0 fully saturated rings. The summed E-state index contributed by atoms with van der Waals surface area (Å²) >= 11 is 0. The number of nitrogens with two attached hydrogens (primary N) is 1. The number of hydrogen-bond acceptors (Lipinski definition) is 5. The normalized spacial score (nSPS) is 11.7. The zero-order chi connectivity index (χ0) is 22.0. The molecule has 158 valence electrons. The zero-order valence-electron chi connectivity index (χ0n) is 18.2. The van der Waals surface area contributed by atoms with Crippen molar-refractivity contribution in [1.82, 2.24) is 0 Å². The predicted octanol–water partition coefficient (Wildman–Crippen LogP) is 5.94. The number of hydrogen-bond donors (Lipinski definition) is 1. The average Bonchev–Trinajstić information content (AvgIpc) is 2.96. The number of benzene rings is 2. The molecule has 0 aliphatic rings. The van der Waals surface area contributed by atoms with Crippen molar-refractivity contribution < 1.29 is 13.9 Å². The molecule has 0 amide bonds. The molecule has 0 radical (unpaired) electrons. The number of nitrogen functional groups attached to an aromatic ring is 1. The van der Waals surface area contributed by atoms with E-state index in [1.807, 2.05) is 75.4 Å². The van der Waals surface area contributed by atoms with Gasteiger partial charge in [0.1, 0.15) is 23.0 Å². The summed E-state index contributed by atoms with van der Waals surface area (Å²) in [6.07, 6.45) is 0. The Balaban J connectivity index is 2.11. The van der Waals surface area contributed by atoms with Gasteiger partial charge in [-0.3, -0.25) is 0 Å². The van der Waals surface area contributed by atoms with E-state index in [1.165, 1.54) is 0 Å². The Morgan fingerprint density at radius 1 is 0.903 bits per heavy atom. The van der Waals surface area contributed by atoms with Crippen molar-refractivity contribution in [1.29, 1.82) is 0 Å². The van der Waals surface area contributed by atoms with Crippen molar-refractivity contribution in [2.45, 2.75) is 20.8 Å². The third kappa shape index (κ3) is 3.99. The van der Waals surface area contributed by atoms with Gasteiger partial charge in [0.25, 0.3) is 0 Å². The van der Waals surface area contributed by atoms with Crippen molar-refractivity contribution in [3.05, 3.63) is 77.5 Å². The minimum absolute atomic E-state index is 0.545. The smallest absolute Gasteiger partial charge is 0.131 e. The molecule has 0 bridgehead atoms. The number of anilines is 1. The van der Waals surface area contributed by atoms with Gasteiger partial charge in [0, 0.05) is 0 Å². The van der Waals surface area contributed by atoms with Crippen LogP contribution in [0, 0.1) is 13.8 Å². The third-order valence-corrected chi connectivity index (χ3v) is 5.24. The van der Waals surface area contributed by atoms with Gasteiger partial charge in [0.2, 0.25) is 0 Å². The molecule has 1 aromatic heterocycles. The molecule has 3 aromatic carbocycles. The molecule has 31 heavy (non-hydrogen) atoms. The van der Waals surface area contributed by atoms with Gasteiger partial charge in [-0.15, -0.1) is 0 Å². The highest BCUT2D eigenvalue weighted by Gasteiger charge is 2.16. The summed E-state index contributed by atoms with van der Waals surface area (Å²) in [5, 5.41) is 2.62. The Morgan fingerprint density at radius 3 is 2.29 bits per heavy atom. The van der Waals surface area contributed by atoms with Crippen LogP contribution in [0.4, 0.5) is 11.4 Å². The Bertz CT molecular complexity index is 1310. The van der Waals surface area contributed by atoms with Gasteiger partial charge in [0.05, 0.1) is 41.2 Å². The summed E-state index contributed by atoms with van der Waals surface area (Å²) in [6, 6.07) is 19.6. The van der Waals surface area contributed by atoms with E-state index < -0.39 is 0 Å². The quantitative estimate of drug-likeness (QED) is 0.410. The van der Waals surface area contributed by atoms with Crippen molar-refractivity contribution in [3.63, 3.8) is 0 Å². The van der Waals surface area contributed by atoms with Gasteiger partial charge in [-0.1, -0.05) is 24.3 Å². The van der Waals surface area contributed by atoms with Crippen LogP contribution in [0.5, 0.6) is 11.5 Å². The van der Waals surface area contributed by atoms with Gasteiger partial charge in [0.15, 0.2) is 0 Å². The summed E-state index contributed by atoms with van der Waals surface area (Å²) in [5.74, 6) is 3.16. The van der Waals surface area contributed by atoms with E-state index in [2.05, 4.69) is 6.07 Å². The van der Waals surface area contributed by atoms with Crippen LogP contribution in [-0.4, -0.2) is 13.7 Å². The molecule has 0 saturated carbocycles. The van der Waals surface area contributed by atoms with Crippen LogP contribution in [0.2, 0.25) is 0 Å². The molecule has 2 N–H and O–H groups in total. The number of fused-ring (bicyclic) bond motifs is 1. The number of ether oxygens (including phenoxy) is 2. The fourth-order valence-electron chi connectivity index (χ4n) is 3.79. The summed E-state index contributed by atoms with van der Waals surface area (Å²) in [5.41, 5.74) is 9.54. The van der Waals surface area contributed by atoms with Crippen LogP contribution in [0.15, 0.2) is 70.1 Å². The van der Waals surface area contributed by atoms with E-state index in [-0.39, 0.29) is 0 Å². The molecule has 0 saturated heterocycles. The molecule has 5 nitrogen and oxygen atoms in total. The minimum atomic E-state index is 0.545. The fraction of sp³-hybridized carbons (Fsp3) is 0.192. The molecule has 0 unspecified atom stereocenters. The highest BCUT2D eigenvalue weighted by atomic mass is 16.5. The summed E-state index contributed by atoms with van der Waals surface area (Å²) in [7, 11) is 1.66. The van der Waals surface area contributed by atoms with Gasteiger partial charge in [-0.05, 0) is 68.3 Å². The second kappa shape index (κ2) is 8.56. The van der Waals surface area contributed by atoms with Crippen LogP contribution in [0.25, 0.3) is 21.9 Å².